The summed E-state index contributed by atoms with van der Waals surface area (Å²) in [5.41, 5.74) is 3.24. The van der Waals surface area contributed by atoms with Gasteiger partial charge in [0.2, 0.25) is 0 Å². The van der Waals surface area contributed by atoms with Gasteiger partial charge >= 0.3 is 0 Å². The van der Waals surface area contributed by atoms with Gasteiger partial charge in [-0.3, -0.25) is 5.43 Å². The van der Waals surface area contributed by atoms with Crippen molar-refractivity contribution in [1.29, 1.82) is 0 Å². The molecule has 0 saturated carbocycles. The number of hydrogen-bond acceptors (Lipinski definition) is 3. The molecule has 0 spiro atoms. The molecule has 0 radical (unpaired) electrons. The summed E-state index contributed by atoms with van der Waals surface area (Å²) >= 11 is 0. The zero-order valence-corrected chi connectivity index (χ0v) is 5.89. The summed E-state index contributed by atoms with van der Waals surface area (Å²) in [6.45, 7) is 6.90. The molecule has 0 aromatic heterocycles. The zero-order chi connectivity index (χ0) is 6.53. The molecule has 0 unspecified atom stereocenters. The minimum Gasteiger partial charge on any atom is -0.379 e. The molecule has 1 N–H and O–H groups in total. The highest BCUT2D eigenvalue weighted by Crippen LogP contribution is 1.90. The highest BCUT2D eigenvalue weighted by molar-refractivity contribution is 4.55. The average molecular weight is 132 g/mol. The minimum absolute atomic E-state index is 0. The molecule has 0 atom stereocenters. The third-order valence-electron chi connectivity index (χ3n) is 1.39. The number of ether oxygens (including phenoxy) is 1. The van der Waals surface area contributed by atoms with Gasteiger partial charge in [-0.2, -0.15) is 0 Å². The third-order valence-corrected chi connectivity index (χ3v) is 1.39. The quantitative estimate of drug-likeness (QED) is 0.576. The summed E-state index contributed by atoms with van der Waals surface area (Å²) < 4.78 is 5.16. The normalized spacial score (nSPS) is 22.3. The second-order valence-electron chi connectivity index (χ2n) is 2.11. The molecule has 1 saturated heterocycles. The van der Waals surface area contributed by atoms with Crippen molar-refractivity contribution >= 4 is 0 Å². The first-order chi connectivity index (χ1) is 4.43. The second kappa shape index (κ2) is 3.82. The molecule has 56 valence electrons. The van der Waals surface area contributed by atoms with E-state index in [2.05, 4.69) is 17.4 Å². The lowest BCUT2D eigenvalue weighted by atomic mass is 10.5. The lowest BCUT2D eigenvalue weighted by molar-refractivity contribution is 0.0132. The zero-order valence-electron chi connectivity index (χ0n) is 5.89. The van der Waals surface area contributed by atoms with Crippen LogP contribution in [0.1, 0.15) is 8.35 Å². The first-order valence-electron chi connectivity index (χ1n) is 3.49. The maximum atomic E-state index is 5.16. The maximum Gasteiger partial charge on any atom is 0.0608 e. The van der Waals surface area contributed by atoms with E-state index in [4.69, 9.17) is 4.74 Å². The fourth-order valence-corrected chi connectivity index (χ4v) is 0.945. The van der Waals surface area contributed by atoms with Gasteiger partial charge in [-0.1, -0.05) is 6.92 Å². The Hall–Kier alpha value is -0.120. The van der Waals surface area contributed by atoms with Gasteiger partial charge in [0, 0.05) is 21.1 Å². The van der Waals surface area contributed by atoms with Crippen LogP contribution in [0.5, 0.6) is 0 Å². The molecular formula is C6H16N2O. The van der Waals surface area contributed by atoms with Crippen LogP contribution >= 0.6 is 0 Å². The van der Waals surface area contributed by atoms with Gasteiger partial charge < -0.3 is 4.74 Å². The van der Waals surface area contributed by atoms with Crippen LogP contribution < -0.4 is 5.43 Å². The molecule has 9 heavy (non-hydrogen) atoms. The van der Waals surface area contributed by atoms with Gasteiger partial charge in [0.05, 0.1) is 13.2 Å². The Morgan fingerprint density at radius 2 is 2.22 bits per heavy atom. The smallest absolute Gasteiger partial charge is 0.0608 e. The van der Waals surface area contributed by atoms with E-state index in [-0.39, 0.29) is 1.43 Å². The second-order valence-corrected chi connectivity index (χ2v) is 2.11. The summed E-state index contributed by atoms with van der Waals surface area (Å²) in [7, 11) is 0. The molecular weight excluding hydrogens is 116 g/mol. The van der Waals surface area contributed by atoms with Gasteiger partial charge in [0.1, 0.15) is 0 Å². The molecule has 1 aliphatic rings. The van der Waals surface area contributed by atoms with E-state index in [9.17, 15) is 0 Å². The number of hydrogen-bond donors (Lipinski definition) is 1. The monoisotopic (exact) mass is 132 g/mol. The fourth-order valence-electron chi connectivity index (χ4n) is 0.945. The summed E-state index contributed by atoms with van der Waals surface area (Å²) in [6, 6.07) is 0. The molecule has 3 nitrogen and oxygen atoms in total. The average Bonchev–Trinajstić information content (AvgIpc) is 1.91. The Morgan fingerprint density at radius 3 is 2.78 bits per heavy atom. The standard InChI is InChI=1S/C6H14N2O.H2/c1-2-7-8-3-5-9-6-4-8;/h7H,2-6H2,1H3;1H. The summed E-state index contributed by atoms with van der Waals surface area (Å²) in [5, 5.41) is 2.20. The van der Waals surface area contributed by atoms with Crippen molar-refractivity contribution < 1.29 is 6.16 Å². The van der Waals surface area contributed by atoms with Crippen molar-refractivity contribution in [2.45, 2.75) is 6.92 Å². The van der Waals surface area contributed by atoms with E-state index < -0.39 is 0 Å². The fraction of sp³-hybridized carbons (Fsp3) is 1.00. The molecule has 0 aliphatic carbocycles. The van der Waals surface area contributed by atoms with Crippen LogP contribution in [-0.2, 0) is 4.74 Å². The lowest BCUT2D eigenvalue weighted by Gasteiger charge is -2.26. The highest BCUT2D eigenvalue weighted by Gasteiger charge is 2.06. The van der Waals surface area contributed by atoms with Gasteiger partial charge in [0.25, 0.3) is 0 Å². The van der Waals surface area contributed by atoms with Crippen molar-refractivity contribution in [1.82, 2.24) is 10.4 Å². The number of morpholine rings is 1. The Kier molecular flexibility index (Phi) is 2.97. The Bertz CT molecular complexity index is 73.4. The van der Waals surface area contributed by atoms with Crippen molar-refractivity contribution in [2.75, 3.05) is 32.8 Å². The predicted molar refractivity (Wildman–Crippen MR) is 38.2 cm³/mol. The molecule has 0 aromatic carbocycles. The lowest BCUT2D eigenvalue weighted by Crippen LogP contribution is -2.45. The van der Waals surface area contributed by atoms with E-state index in [1.165, 1.54) is 0 Å². The van der Waals surface area contributed by atoms with Gasteiger partial charge in [0.15, 0.2) is 0 Å². The Labute approximate surface area is 57.4 Å². The van der Waals surface area contributed by atoms with Crippen LogP contribution in [-0.4, -0.2) is 37.9 Å². The van der Waals surface area contributed by atoms with E-state index in [0.717, 1.165) is 32.8 Å². The van der Waals surface area contributed by atoms with Crippen LogP contribution in [0.15, 0.2) is 0 Å². The van der Waals surface area contributed by atoms with Crippen molar-refractivity contribution in [3.8, 4) is 0 Å². The topological polar surface area (TPSA) is 24.5 Å². The number of rotatable bonds is 2. The van der Waals surface area contributed by atoms with Crippen LogP contribution in [0.25, 0.3) is 0 Å². The van der Waals surface area contributed by atoms with Crippen molar-refractivity contribution in [2.24, 2.45) is 0 Å². The molecule has 1 fully saturated rings. The Morgan fingerprint density at radius 1 is 1.56 bits per heavy atom. The highest BCUT2D eigenvalue weighted by atomic mass is 16.5. The van der Waals surface area contributed by atoms with Crippen LogP contribution in [0, 0.1) is 0 Å². The SMILES string of the molecule is CCNN1CCOCC1.[HH]. The van der Waals surface area contributed by atoms with Gasteiger partial charge in [-0.05, 0) is 0 Å². The molecule has 0 amide bonds. The van der Waals surface area contributed by atoms with Crippen LogP contribution in [0.2, 0.25) is 0 Å². The largest absolute Gasteiger partial charge is 0.379 e. The van der Waals surface area contributed by atoms with Crippen LogP contribution in [0.4, 0.5) is 0 Å². The molecule has 1 aliphatic heterocycles. The number of nitrogens with one attached hydrogen (secondary N) is 1. The Balaban J connectivity index is 0.000000810. The molecule has 1 rings (SSSR count). The first-order valence-corrected chi connectivity index (χ1v) is 3.49. The molecule has 1 heterocycles. The summed E-state index contributed by atoms with van der Waals surface area (Å²) in [6.07, 6.45) is 0. The van der Waals surface area contributed by atoms with E-state index in [1.807, 2.05) is 0 Å². The minimum atomic E-state index is 0. The van der Waals surface area contributed by atoms with Gasteiger partial charge in [-0.25, -0.2) is 5.01 Å². The van der Waals surface area contributed by atoms with Gasteiger partial charge in [-0.15, -0.1) is 0 Å². The van der Waals surface area contributed by atoms with E-state index in [1.54, 1.807) is 0 Å². The molecule has 3 heteroatoms. The third kappa shape index (κ3) is 2.30. The molecule has 0 bridgehead atoms. The van der Waals surface area contributed by atoms with Crippen molar-refractivity contribution in [3.63, 3.8) is 0 Å². The molecule has 0 aromatic rings. The number of nitrogens with zero attached hydrogens (tertiary/aromatic N) is 1. The van der Waals surface area contributed by atoms with E-state index in [0.29, 0.717) is 0 Å². The van der Waals surface area contributed by atoms with Crippen molar-refractivity contribution in [3.05, 3.63) is 0 Å². The maximum absolute atomic E-state index is 5.16. The predicted octanol–water partition coefficient (Wildman–Crippen LogP) is 0.0891. The number of hydrazine groups is 1. The van der Waals surface area contributed by atoms with E-state index >= 15 is 0 Å². The van der Waals surface area contributed by atoms with Crippen LogP contribution in [0.3, 0.4) is 0 Å². The first kappa shape index (κ1) is 6.99. The summed E-state index contributed by atoms with van der Waals surface area (Å²) in [4.78, 5) is 0. The summed E-state index contributed by atoms with van der Waals surface area (Å²) in [5.74, 6) is 0.